The second kappa shape index (κ2) is 15.0. The molecule has 0 unspecified atom stereocenters. The summed E-state index contributed by atoms with van der Waals surface area (Å²) in [5, 5.41) is 9.54. The number of unbranched alkanes of at least 4 members (excludes halogenated alkanes) is 1. The van der Waals surface area contributed by atoms with Gasteiger partial charge in [-0.2, -0.15) is 0 Å². The number of esters is 1. The molecular weight excluding hydrogens is 528 g/mol. The number of nitrogens with one attached hydrogen (secondary N) is 3. The number of rotatable bonds is 14. The number of methoxy groups -OCH3 is 1. The predicted octanol–water partition coefficient (Wildman–Crippen LogP) is 1.72. The maximum Gasteiger partial charge on any atom is 0.337 e. The van der Waals surface area contributed by atoms with E-state index in [2.05, 4.69) is 16.0 Å². The summed E-state index contributed by atoms with van der Waals surface area (Å²) in [7, 11) is 2.76. The van der Waals surface area contributed by atoms with Gasteiger partial charge in [0.1, 0.15) is 11.7 Å². The van der Waals surface area contributed by atoms with Gasteiger partial charge in [-0.1, -0.05) is 36.4 Å². The van der Waals surface area contributed by atoms with Crippen LogP contribution in [0, 0.1) is 5.92 Å². The number of carbonyl (C=O) groups is 5. The van der Waals surface area contributed by atoms with E-state index < -0.39 is 35.5 Å². The monoisotopic (exact) mass is 562 g/mol. The molecule has 3 rings (SSSR count). The molecule has 3 aromatic carbocycles. The Balaban J connectivity index is 1.54. The van der Waals surface area contributed by atoms with E-state index in [4.69, 9.17) is 15.2 Å². The van der Waals surface area contributed by atoms with Crippen LogP contribution in [0.1, 0.15) is 39.1 Å². The fourth-order valence-corrected chi connectivity index (χ4v) is 4.13. The molecule has 0 saturated heterocycles. The third-order valence-corrected chi connectivity index (χ3v) is 6.34. The van der Waals surface area contributed by atoms with Crippen LogP contribution in [0.3, 0.4) is 0 Å². The van der Waals surface area contributed by atoms with Crippen molar-refractivity contribution in [3.05, 3.63) is 77.4 Å². The lowest BCUT2D eigenvalue weighted by Crippen LogP contribution is -2.41. The van der Waals surface area contributed by atoms with E-state index in [0.717, 1.165) is 16.3 Å². The van der Waals surface area contributed by atoms with Gasteiger partial charge in [0.15, 0.2) is 0 Å². The first-order valence-corrected chi connectivity index (χ1v) is 13.1. The number of hydrogen-bond acceptors (Lipinski definition) is 7. The molecule has 0 spiro atoms. The highest BCUT2D eigenvalue weighted by atomic mass is 16.5. The Hall–Kier alpha value is -4.93. The van der Waals surface area contributed by atoms with Gasteiger partial charge in [-0.15, -0.1) is 0 Å². The minimum Gasteiger partial charge on any atom is -0.493 e. The topological polar surface area (TPSA) is 166 Å². The Morgan fingerprint density at radius 2 is 1.56 bits per heavy atom. The maximum absolute atomic E-state index is 12.8. The van der Waals surface area contributed by atoms with E-state index in [9.17, 15) is 24.0 Å². The lowest BCUT2D eigenvalue weighted by molar-refractivity contribution is -0.135. The Kier molecular flexibility index (Phi) is 11.2. The number of benzene rings is 3. The summed E-state index contributed by atoms with van der Waals surface area (Å²) in [4.78, 5) is 60.6. The van der Waals surface area contributed by atoms with Crippen molar-refractivity contribution < 1.29 is 33.4 Å². The van der Waals surface area contributed by atoms with Crippen molar-refractivity contribution in [2.75, 3.05) is 33.9 Å². The van der Waals surface area contributed by atoms with Crippen LogP contribution in [0.25, 0.3) is 10.8 Å². The summed E-state index contributed by atoms with van der Waals surface area (Å²) in [5.41, 5.74) is 6.53. The first-order chi connectivity index (χ1) is 19.7. The third-order valence-electron chi connectivity index (χ3n) is 6.34. The number of carbonyl (C=O) groups excluding carboxylic acids is 5. The van der Waals surface area contributed by atoms with Gasteiger partial charge in [0.25, 0.3) is 5.91 Å². The lowest BCUT2D eigenvalue weighted by atomic mass is 9.96. The number of ether oxygens (including phenoxy) is 2. The lowest BCUT2D eigenvalue weighted by Gasteiger charge is -2.16. The van der Waals surface area contributed by atoms with Crippen molar-refractivity contribution in [3.8, 4) is 5.75 Å². The summed E-state index contributed by atoms with van der Waals surface area (Å²) in [6.45, 7) is 0.303. The maximum atomic E-state index is 12.8. The molecule has 4 amide bonds. The largest absolute Gasteiger partial charge is 0.493 e. The smallest absolute Gasteiger partial charge is 0.337 e. The zero-order chi connectivity index (χ0) is 29.8. The number of fused-ring (bicyclic) bond motifs is 1. The molecule has 1 atom stereocenters. The molecule has 0 aliphatic carbocycles. The van der Waals surface area contributed by atoms with Crippen LogP contribution in [0.4, 0.5) is 0 Å². The van der Waals surface area contributed by atoms with Crippen LogP contribution in [-0.4, -0.2) is 63.5 Å². The molecule has 3 aromatic rings. The highest BCUT2D eigenvalue weighted by molar-refractivity contribution is 6.03. The summed E-state index contributed by atoms with van der Waals surface area (Å²) in [5.74, 6) is -3.00. The molecule has 11 heteroatoms. The Labute approximate surface area is 237 Å². The summed E-state index contributed by atoms with van der Waals surface area (Å²) in [6.07, 6.45) is 1.30. The molecule has 5 N–H and O–H groups in total. The molecule has 0 heterocycles. The van der Waals surface area contributed by atoms with Crippen molar-refractivity contribution in [1.82, 2.24) is 16.0 Å². The number of primary amides is 1. The number of amides is 4. The molecule has 41 heavy (non-hydrogen) atoms. The Morgan fingerprint density at radius 3 is 2.20 bits per heavy atom. The van der Waals surface area contributed by atoms with Crippen molar-refractivity contribution in [3.63, 3.8) is 0 Å². The van der Waals surface area contributed by atoms with Gasteiger partial charge in [-0.25, -0.2) is 4.79 Å². The molecule has 216 valence electrons. The first-order valence-electron chi connectivity index (χ1n) is 13.1. The molecule has 0 aliphatic heterocycles. The van der Waals surface area contributed by atoms with Crippen LogP contribution in [0.2, 0.25) is 0 Å². The fourth-order valence-electron chi connectivity index (χ4n) is 4.13. The zero-order valence-electron chi connectivity index (χ0n) is 23.0. The van der Waals surface area contributed by atoms with Crippen molar-refractivity contribution in [1.29, 1.82) is 0 Å². The molecular formula is C30H34N4O7. The van der Waals surface area contributed by atoms with Crippen molar-refractivity contribution >= 4 is 40.4 Å². The standard InChI is InChI=1S/C30H34N4O7/c1-32-27(36)24(15-19-9-11-20(12-10-19)30(39)40-2)29(38)33-13-5-6-14-41-25-17-22-8-4-3-7-21(22)16-23(25)28(37)34-18-26(31)35/h3-4,7-12,16-17,24H,5-6,13-15,18H2,1-2H3,(H2,31,35)(H,32,36)(H,33,38)(H,34,37)/t24-/m1/s1. The first kappa shape index (κ1) is 30.6. The summed E-state index contributed by atoms with van der Waals surface area (Å²) < 4.78 is 10.6. The van der Waals surface area contributed by atoms with Gasteiger partial charge in [0.05, 0.1) is 31.4 Å². The number of hydrogen-bond donors (Lipinski definition) is 4. The van der Waals surface area contributed by atoms with Gasteiger partial charge in [0, 0.05) is 13.6 Å². The molecule has 0 saturated carbocycles. The second-order valence-electron chi connectivity index (χ2n) is 9.25. The van der Waals surface area contributed by atoms with Crippen molar-refractivity contribution in [2.45, 2.75) is 19.3 Å². The third kappa shape index (κ3) is 8.79. The quantitative estimate of drug-likeness (QED) is 0.132. The van der Waals surface area contributed by atoms with E-state index in [1.165, 1.54) is 14.2 Å². The van der Waals surface area contributed by atoms with Crippen LogP contribution >= 0.6 is 0 Å². The highest BCUT2D eigenvalue weighted by Gasteiger charge is 2.26. The van der Waals surface area contributed by atoms with Gasteiger partial charge >= 0.3 is 5.97 Å². The van der Waals surface area contributed by atoms with Crippen LogP contribution in [0.5, 0.6) is 5.75 Å². The number of nitrogens with two attached hydrogens (primary N) is 1. The van der Waals surface area contributed by atoms with E-state index in [1.54, 1.807) is 36.4 Å². The molecule has 0 bridgehead atoms. The average Bonchev–Trinajstić information content (AvgIpc) is 2.99. The van der Waals surface area contributed by atoms with Crippen LogP contribution in [-0.2, 0) is 25.5 Å². The highest BCUT2D eigenvalue weighted by Crippen LogP contribution is 2.26. The summed E-state index contributed by atoms with van der Waals surface area (Å²) >= 11 is 0. The minimum absolute atomic E-state index is 0.165. The summed E-state index contributed by atoms with van der Waals surface area (Å²) in [6, 6.07) is 17.5. The second-order valence-corrected chi connectivity index (χ2v) is 9.25. The van der Waals surface area contributed by atoms with Gasteiger partial charge in [-0.3, -0.25) is 19.2 Å². The van der Waals surface area contributed by atoms with E-state index in [-0.39, 0.29) is 25.1 Å². The molecule has 0 fully saturated rings. The molecule has 0 aromatic heterocycles. The van der Waals surface area contributed by atoms with Crippen LogP contribution < -0.4 is 26.4 Å². The molecule has 0 aliphatic rings. The molecule has 11 nitrogen and oxygen atoms in total. The van der Waals surface area contributed by atoms with Gasteiger partial charge < -0.3 is 31.2 Å². The fraction of sp³-hybridized carbons (Fsp3) is 0.300. The molecule has 0 radical (unpaired) electrons. The van der Waals surface area contributed by atoms with E-state index in [1.807, 2.05) is 24.3 Å². The van der Waals surface area contributed by atoms with E-state index >= 15 is 0 Å². The zero-order valence-corrected chi connectivity index (χ0v) is 23.0. The van der Waals surface area contributed by atoms with Crippen molar-refractivity contribution in [2.24, 2.45) is 11.7 Å². The van der Waals surface area contributed by atoms with Gasteiger partial charge in [-0.05, 0) is 59.9 Å². The normalized spacial score (nSPS) is 11.3. The average molecular weight is 563 g/mol. The van der Waals surface area contributed by atoms with Crippen LogP contribution in [0.15, 0.2) is 60.7 Å². The SMILES string of the molecule is CNC(=O)[C@@H](Cc1ccc(C(=O)OC)cc1)C(=O)NCCCCOc1cc2ccccc2cc1C(=O)NCC(N)=O. The Morgan fingerprint density at radius 1 is 0.878 bits per heavy atom. The predicted molar refractivity (Wildman–Crippen MR) is 152 cm³/mol. The minimum atomic E-state index is -0.945. The van der Waals surface area contributed by atoms with Gasteiger partial charge in [0.2, 0.25) is 17.7 Å². The van der Waals surface area contributed by atoms with E-state index in [0.29, 0.717) is 30.7 Å². The Bertz CT molecular complexity index is 1410.